The van der Waals surface area contributed by atoms with Crippen molar-refractivity contribution in [1.82, 2.24) is 25.0 Å². The zero-order chi connectivity index (χ0) is 11.8. The molecule has 1 saturated heterocycles. The molecule has 0 spiro atoms. The van der Waals surface area contributed by atoms with Crippen LogP contribution >= 0.6 is 0 Å². The number of hydrogen-bond donors (Lipinski definition) is 1. The van der Waals surface area contributed by atoms with E-state index in [-0.39, 0.29) is 11.4 Å². The molecule has 0 aliphatic carbocycles. The highest BCUT2D eigenvalue weighted by molar-refractivity contribution is 5.90. The molecule has 0 aromatic carbocycles. The molecule has 16 heavy (non-hydrogen) atoms. The second-order valence-electron chi connectivity index (χ2n) is 4.79. The number of nitrogens with one attached hydrogen (secondary N) is 1. The average Bonchev–Trinajstić information content (AvgIpc) is 2.74. The van der Waals surface area contributed by atoms with Crippen molar-refractivity contribution in [3.05, 3.63) is 12.2 Å². The van der Waals surface area contributed by atoms with Gasteiger partial charge in [0.25, 0.3) is 5.91 Å². The first-order chi connectivity index (χ1) is 7.50. The fraction of sp³-hybridized carbons (Fsp3) is 0.700. The molecule has 1 aliphatic heterocycles. The van der Waals surface area contributed by atoms with Crippen LogP contribution in [0.2, 0.25) is 0 Å². The van der Waals surface area contributed by atoms with Gasteiger partial charge in [0.2, 0.25) is 5.82 Å². The second kappa shape index (κ2) is 3.86. The second-order valence-corrected chi connectivity index (χ2v) is 4.79. The average molecular weight is 223 g/mol. The smallest absolute Gasteiger partial charge is 0.291 e. The van der Waals surface area contributed by atoms with E-state index in [2.05, 4.69) is 41.0 Å². The third kappa shape index (κ3) is 1.92. The molecule has 6 nitrogen and oxygen atoms in total. The lowest BCUT2D eigenvalue weighted by molar-refractivity contribution is 0.0303. The summed E-state index contributed by atoms with van der Waals surface area (Å²) in [6, 6.07) is 0. The van der Waals surface area contributed by atoms with Gasteiger partial charge in [-0.2, -0.15) is 5.10 Å². The van der Waals surface area contributed by atoms with Crippen molar-refractivity contribution in [3.8, 4) is 0 Å². The van der Waals surface area contributed by atoms with Crippen molar-refractivity contribution in [3.63, 3.8) is 0 Å². The molecule has 2 heterocycles. The molecule has 1 aliphatic rings. The molecule has 0 bridgehead atoms. The maximum absolute atomic E-state index is 12.0. The number of nitrogens with zero attached hydrogens (tertiary/aromatic N) is 4. The standard InChI is InChI=1S/C10H17N5O/c1-10(2)6-15(5-4-14(10)3)9(16)8-11-7-12-13-8/h7H,4-6H2,1-3H3,(H,11,12,13). The van der Waals surface area contributed by atoms with Gasteiger partial charge in [0.05, 0.1) is 0 Å². The van der Waals surface area contributed by atoms with Crippen molar-refractivity contribution in [2.75, 3.05) is 26.7 Å². The number of amides is 1. The predicted molar refractivity (Wildman–Crippen MR) is 59.0 cm³/mol. The lowest BCUT2D eigenvalue weighted by atomic mass is 10.00. The van der Waals surface area contributed by atoms with Crippen molar-refractivity contribution in [2.45, 2.75) is 19.4 Å². The van der Waals surface area contributed by atoms with Crippen LogP contribution in [0.5, 0.6) is 0 Å². The van der Waals surface area contributed by atoms with Gasteiger partial charge < -0.3 is 4.90 Å². The minimum Gasteiger partial charge on any atom is -0.333 e. The summed E-state index contributed by atoms with van der Waals surface area (Å²) in [5.41, 5.74) is 0.00787. The summed E-state index contributed by atoms with van der Waals surface area (Å²) in [7, 11) is 2.08. The van der Waals surface area contributed by atoms with Crippen LogP contribution in [-0.4, -0.2) is 63.1 Å². The fourth-order valence-electron chi connectivity index (χ4n) is 1.87. The van der Waals surface area contributed by atoms with Crippen LogP contribution in [0, 0.1) is 0 Å². The maximum atomic E-state index is 12.0. The van der Waals surface area contributed by atoms with Gasteiger partial charge in [-0.15, -0.1) is 0 Å². The van der Waals surface area contributed by atoms with Crippen molar-refractivity contribution in [2.24, 2.45) is 0 Å². The fourth-order valence-corrected chi connectivity index (χ4v) is 1.87. The van der Waals surface area contributed by atoms with Crippen molar-refractivity contribution < 1.29 is 4.79 Å². The molecule has 1 aromatic rings. The van der Waals surface area contributed by atoms with Gasteiger partial charge >= 0.3 is 0 Å². The van der Waals surface area contributed by atoms with Gasteiger partial charge in [-0.05, 0) is 20.9 Å². The summed E-state index contributed by atoms with van der Waals surface area (Å²) >= 11 is 0. The summed E-state index contributed by atoms with van der Waals surface area (Å²) in [6.07, 6.45) is 1.36. The number of carbonyl (C=O) groups is 1. The Morgan fingerprint density at radius 1 is 1.50 bits per heavy atom. The lowest BCUT2D eigenvalue weighted by Gasteiger charge is -2.45. The van der Waals surface area contributed by atoms with E-state index in [9.17, 15) is 4.79 Å². The first kappa shape index (κ1) is 11.1. The Morgan fingerprint density at radius 2 is 2.25 bits per heavy atom. The molecular weight excluding hydrogens is 206 g/mol. The normalized spacial score (nSPS) is 21.1. The maximum Gasteiger partial charge on any atom is 0.291 e. The SMILES string of the molecule is CN1CCN(C(=O)c2ncn[nH]2)CC1(C)C. The van der Waals surface area contributed by atoms with Crippen LogP contribution in [0.3, 0.4) is 0 Å². The van der Waals surface area contributed by atoms with Crippen molar-refractivity contribution in [1.29, 1.82) is 0 Å². The molecule has 1 aromatic heterocycles. The highest BCUT2D eigenvalue weighted by Crippen LogP contribution is 2.19. The van der Waals surface area contributed by atoms with Crippen molar-refractivity contribution >= 4 is 5.91 Å². The molecule has 88 valence electrons. The summed E-state index contributed by atoms with van der Waals surface area (Å²) < 4.78 is 0. The third-order valence-electron chi connectivity index (χ3n) is 3.22. The predicted octanol–water partition coefficient (Wildman–Crippen LogP) is -0.0291. The summed E-state index contributed by atoms with van der Waals surface area (Å²) in [5.74, 6) is 0.249. The van der Waals surface area contributed by atoms with Gasteiger partial charge in [-0.3, -0.25) is 14.8 Å². The Hall–Kier alpha value is -1.43. The van der Waals surface area contributed by atoms with Gasteiger partial charge in [0.15, 0.2) is 0 Å². The van der Waals surface area contributed by atoms with E-state index in [4.69, 9.17) is 0 Å². The summed E-state index contributed by atoms with van der Waals surface area (Å²) in [4.78, 5) is 20.0. The summed E-state index contributed by atoms with van der Waals surface area (Å²) in [5, 5.41) is 6.30. The summed E-state index contributed by atoms with van der Waals surface area (Å²) in [6.45, 7) is 6.59. The monoisotopic (exact) mass is 223 g/mol. The van der Waals surface area contributed by atoms with Crippen LogP contribution in [0.1, 0.15) is 24.5 Å². The van der Waals surface area contributed by atoms with E-state index < -0.39 is 0 Å². The highest BCUT2D eigenvalue weighted by atomic mass is 16.2. The van der Waals surface area contributed by atoms with E-state index in [1.807, 2.05) is 4.90 Å². The zero-order valence-electron chi connectivity index (χ0n) is 9.90. The first-order valence-corrected chi connectivity index (χ1v) is 5.36. The number of likely N-dealkylation sites (N-methyl/N-ethyl adjacent to an activating group) is 1. The van der Waals surface area contributed by atoms with Crippen LogP contribution < -0.4 is 0 Å². The topological polar surface area (TPSA) is 65.1 Å². The molecular formula is C10H17N5O. The number of H-pyrrole nitrogens is 1. The molecule has 2 rings (SSSR count). The molecule has 0 saturated carbocycles. The van der Waals surface area contributed by atoms with Crippen LogP contribution in [0.4, 0.5) is 0 Å². The molecule has 1 fully saturated rings. The number of aromatic nitrogens is 3. The molecule has 6 heteroatoms. The van der Waals surface area contributed by atoms with Crippen LogP contribution in [0.15, 0.2) is 6.33 Å². The Morgan fingerprint density at radius 3 is 2.81 bits per heavy atom. The van der Waals surface area contributed by atoms with Gasteiger partial charge in [-0.1, -0.05) is 0 Å². The minimum absolute atomic E-state index is 0.00787. The molecule has 0 atom stereocenters. The van der Waals surface area contributed by atoms with E-state index in [1.54, 1.807) is 0 Å². The minimum atomic E-state index is -0.0707. The van der Waals surface area contributed by atoms with E-state index in [0.717, 1.165) is 13.1 Å². The largest absolute Gasteiger partial charge is 0.333 e. The molecule has 1 N–H and O–H groups in total. The number of piperazine rings is 1. The molecule has 0 unspecified atom stereocenters. The van der Waals surface area contributed by atoms with E-state index >= 15 is 0 Å². The molecule has 0 radical (unpaired) electrons. The molecule has 1 amide bonds. The number of carbonyl (C=O) groups excluding carboxylic acids is 1. The zero-order valence-corrected chi connectivity index (χ0v) is 9.90. The number of rotatable bonds is 1. The van der Waals surface area contributed by atoms with Crippen LogP contribution in [-0.2, 0) is 0 Å². The van der Waals surface area contributed by atoms with Gasteiger partial charge in [0, 0.05) is 25.2 Å². The lowest BCUT2D eigenvalue weighted by Crippen LogP contribution is -2.59. The Kier molecular flexibility index (Phi) is 2.67. The first-order valence-electron chi connectivity index (χ1n) is 5.36. The Balaban J connectivity index is 2.10. The van der Waals surface area contributed by atoms with Gasteiger partial charge in [0.1, 0.15) is 6.33 Å². The number of hydrogen-bond acceptors (Lipinski definition) is 4. The number of aromatic amines is 1. The van der Waals surface area contributed by atoms with E-state index in [1.165, 1.54) is 6.33 Å². The van der Waals surface area contributed by atoms with E-state index in [0.29, 0.717) is 12.4 Å². The van der Waals surface area contributed by atoms with Gasteiger partial charge in [-0.25, -0.2) is 4.98 Å². The Labute approximate surface area is 94.6 Å². The van der Waals surface area contributed by atoms with Crippen LogP contribution in [0.25, 0.3) is 0 Å². The highest BCUT2D eigenvalue weighted by Gasteiger charge is 2.34. The quantitative estimate of drug-likeness (QED) is 0.726. The Bertz CT molecular complexity index is 373. The third-order valence-corrected chi connectivity index (χ3v) is 3.22.